The van der Waals surface area contributed by atoms with E-state index in [0.29, 0.717) is 22.8 Å². The van der Waals surface area contributed by atoms with Gasteiger partial charge in [0, 0.05) is 28.2 Å². The molecule has 8 heteroatoms. The zero-order chi connectivity index (χ0) is 18.6. The summed E-state index contributed by atoms with van der Waals surface area (Å²) in [6.45, 7) is 0.479. The number of aldehydes is 1. The Labute approximate surface area is 155 Å². The SMILES string of the molecule is COCOc1ccc(OCCN=[N+]=[N-])c(CSc2ccccc2)c1C=O. The highest BCUT2D eigenvalue weighted by Crippen LogP contribution is 2.34. The molecule has 0 aliphatic rings. The van der Waals surface area contributed by atoms with Crippen molar-refractivity contribution in [1.82, 2.24) is 0 Å². The summed E-state index contributed by atoms with van der Waals surface area (Å²) in [6, 6.07) is 13.3. The van der Waals surface area contributed by atoms with E-state index < -0.39 is 0 Å². The smallest absolute Gasteiger partial charge is 0.188 e. The Bertz CT molecular complexity index is 765. The lowest BCUT2D eigenvalue weighted by Gasteiger charge is -2.16. The van der Waals surface area contributed by atoms with Crippen LogP contribution in [0.25, 0.3) is 10.4 Å². The molecule has 0 amide bonds. The van der Waals surface area contributed by atoms with E-state index in [1.807, 2.05) is 30.3 Å². The second kappa shape index (κ2) is 11.0. The number of hydrogen-bond acceptors (Lipinski definition) is 6. The molecule has 0 saturated carbocycles. The van der Waals surface area contributed by atoms with Crippen molar-refractivity contribution >= 4 is 18.0 Å². The zero-order valence-corrected chi connectivity index (χ0v) is 15.1. The lowest BCUT2D eigenvalue weighted by atomic mass is 10.1. The first-order valence-electron chi connectivity index (χ1n) is 7.84. The summed E-state index contributed by atoms with van der Waals surface area (Å²) in [6.07, 6.45) is 0.756. The van der Waals surface area contributed by atoms with Gasteiger partial charge in [0.1, 0.15) is 11.5 Å². The van der Waals surface area contributed by atoms with Gasteiger partial charge in [0.05, 0.1) is 18.7 Å². The summed E-state index contributed by atoms with van der Waals surface area (Å²) < 4.78 is 16.1. The van der Waals surface area contributed by atoms with Gasteiger partial charge in [-0.2, -0.15) is 0 Å². The minimum absolute atomic E-state index is 0.0448. The van der Waals surface area contributed by atoms with Gasteiger partial charge in [0.15, 0.2) is 13.1 Å². The van der Waals surface area contributed by atoms with Crippen molar-refractivity contribution in [2.45, 2.75) is 10.6 Å². The molecular weight excluding hydrogens is 354 g/mol. The van der Waals surface area contributed by atoms with E-state index in [2.05, 4.69) is 10.0 Å². The number of hydrogen-bond donors (Lipinski definition) is 0. The predicted molar refractivity (Wildman–Crippen MR) is 99.8 cm³/mol. The molecule has 0 aromatic heterocycles. The molecule has 136 valence electrons. The molecule has 2 aromatic rings. The Balaban J connectivity index is 2.26. The number of rotatable bonds is 11. The molecule has 0 saturated heterocycles. The normalized spacial score (nSPS) is 10.0. The monoisotopic (exact) mass is 373 g/mol. The van der Waals surface area contributed by atoms with Crippen LogP contribution in [0.2, 0.25) is 0 Å². The van der Waals surface area contributed by atoms with Crippen LogP contribution < -0.4 is 9.47 Å². The minimum Gasteiger partial charge on any atom is -0.493 e. The number of benzene rings is 2. The van der Waals surface area contributed by atoms with Gasteiger partial charge in [-0.15, -0.1) is 11.8 Å². The number of thioether (sulfide) groups is 1. The van der Waals surface area contributed by atoms with Gasteiger partial charge in [-0.3, -0.25) is 4.79 Å². The second-order valence-electron chi connectivity index (χ2n) is 5.03. The Morgan fingerprint density at radius 1 is 1.15 bits per heavy atom. The lowest BCUT2D eigenvalue weighted by molar-refractivity contribution is 0.0504. The van der Waals surface area contributed by atoms with Crippen LogP contribution in [0.4, 0.5) is 0 Å². The highest BCUT2D eigenvalue weighted by molar-refractivity contribution is 7.98. The van der Waals surface area contributed by atoms with Crippen molar-refractivity contribution in [1.29, 1.82) is 0 Å². The lowest BCUT2D eigenvalue weighted by Crippen LogP contribution is -2.07. The molecule has 0 fully saturated rings. The highest BCUT2D eigenvalue weighted by atomic mass is 32.2. The van der Waals surface area contributed by atoms with Crippen LogP contribution in [-0.2, 0) is 10.5 Å². The fourth-order valence-electron chi connectivity index (χ4n) is 2.20. The number of nitrogens with zero attached hydrogens (tertiary/aromatic N) is 3. The first-order chi connectivity index (χ1) is 12.8. The molecule has 0 radical (unpaired) electrons. The highest BCUT2D eigenvalue weighted by Gasteiger charge is 2.16. The molecule has 0 spiro atoms. The van der Waals surface area contributed by atoms with Gasteiger partial charge < -0.3 is 14.2 Å². The van der Waals surface area contributed by atoms with E-state index in [1.54, 1.807) is 23.9 Å². The molecule has 0 aliphatic carbocycles. The Morgan fingerprint density at radius 2 is 1.92 bits per heavy atom. The molecule has 0 aliphatic heterocycles. The third-order valence-corrected chi connectivity index (χ3v) is 4.40. The van der Waals surface area contributed by atoms with Crippen LogP contribution >= 0.6 is 11.8 Å². The molecule has 0 N–H and O–H groups in total. The van der Waals surface area contributed by atoms with E-state index >= 15 is 0 Å². The summed E-state index contributed by atoms with van der Waals surface area (Å²) in [5.74, 6) is 1.53. The van der Waals surface area contributed by atoms with Crippen molar-refractivity contribution in [3.05, 3.63) is 64.0 Å². The van der Waals surface area contributed by atoms with Crippen molar-refractivity contribution < 1.29 is 19.0 Å². The fraction of sp³-hybridized carbons (Fsp3) is 0.278. The zero-order valence-electron chi connectivity index (χ0n) is 14.3. The second-order valence-corrected chi connectivity index (χ2v) is 6.08. The number of carbonyl (C=O) groups is 1. The maximum Gasteiger partial charge on any atom is 0.188 e. The Hall–Kier alpha value is -2.67. The summed E-state index contributed by atoms with van der Waals surface area (Å²) in [5, 5.41) is 3.45. The number of ether oxygens (including phenoxy) is 3. The first-order valence-corrected chi connectivity index (χ1v) is 8.83. The van der Waals surface area contributed by atoms with Gasteiger partial charge >= 0.3 is 0 Å². The molecule has 7 nitrogen and oxygen atoms in total. The summed E-state index contributed by atoms with van der Waals surface area (Å²) in [5.41, 5.74) is 9.50. The van der Waals surface area contributed by atoms with Crippen LogP contribution in [0.15, 0.2) is 52.5 Å². The maximum absolute atomic E-state index is 11.7. The summed E-state index contributed by atoms with van der Waals surface area (Å²) in [7, 11) is 1.51. The molecule has 0 unspecified atom stereocenters. The fourth-order valence-corrected chi connectivity index (χ4v) is 3.16. The molecular formula is C18H19N3O4S. The van der Waals surface area contributed by atoms with Crippen LogP contribution in [0.1, 0.15) is 15.9 Å². The molecule has 26 heavy (non-hydrogen) atoms. The molecule has 0 atom stereocenters. The van der Waals surface area contributed by atoms with Gasteiger partial charge in [-0.25, -0.2) is 0 Å². The van der Waals surface area contributed by atoms with Crippen LogP contribution in [0.5, 0.6) is 11.5 Å². The summed E-state index contributed by atoms with van der Waals surface area (Å²) >= 11 is 1.59. The Morgan fingerprint density at radius 3 is 2.62 bits per heavy atom. The first kappa shape index (κ1) is 19.7. The van der Waals surface area contributed by atoms with Crippen molar-refractivity contribution in [2.75, 3.05) is 27.1 Å². The van der Waals surface area contributed by atoms with Crippen molar-refractivity contribution in [3.8, 4) is 11.5 Å². The van der Waals surface area contributed by atoms with Gasteiger partial charge in [0.25, 0.3) is 0 Å². The van der Waals surface area contributed by atoms with Crippen LogP contribution in [0, 0.1) is 0 Å². The molecule has 0 heterocycles. The van der Waals surface area contributed by atoms with E-state index in [4.69, 9.17) is 19.7 Å². The minimum atomic E-state index is 0.0448. The van der Waals surface area contributed by atoms with E-state index in [0.717, 1.165) is 16.7 Å². The number of methoxy groups -OCH3 is 1. The third-order valence-electron chi connectivity index (χ3n) is 3.36. The number of carbonyl (C=O) groups excluding carboxylic acids is 1. The van der Waals surface area contributed by atoms with Crippen LogP contribution in [-0.4, -0.2) is 33.3 Å². The van der Waals surface area contributed by atoms with Crippen molar-refractivity contribution in [3.63, 3.8) is 0 Å². The van der Waals surface area contributed by atoms with Gasteiger partial charge in [-0.1, -0.05) is 23.3 Å². The largest absolute Gasteiger partial charge is 0.493 e. The van der Waals surface area contributed by atoms with Crippen LogP contribution in [0.3, 0.4) is 0 Å². The third kappa shape index (κ3) is 5.70. The molecule has 2 aromatic carbocycles. The van der Waals surface area contributed by atoms with E-state index in [9.17, 15) is 4.79 Å². The standard InChI is InChI=1S/C18H19N3O4S/c1-23-13-25-17-7-8-18(24-10-9-20-21-19)16(15(17)11-22)12-26-14-5-3-2-4-6-14/h2-8,11H,9-10,12-13H2,1H3. The van der Waals surface area contributed by atoms with E-state index in [1.165, 1.54) is 7.11 Å². The summed E-state index contributed by atoms with van der Waals surface area (Å²) in [4.78, 5) is 15.5. The quantitative estimate of drug-likeness (QED) is 0.110. The van der Waals surface area contributed by atoms with Gasteiger partial charge in [-0.05, 0) is 29.8 Å². The average Bonchev–Trinajstić information content (AvgIpc) is 2.69. The average molecular weight is 373 g/mol. The molecule has 0 bridgehead atoms. The maximum atomic E-state index is 11.7. The Kier molecular flexibility index (Phi) is 8.35. The van der Waals surface area contributed by atoms with Crippen molar-refractivity contribution in [2.24, 2.45) is 5.11 Å². The van der Waals surface area contributed by atoms with E-state index in [-0.39, 0.29) is 19.9 Å². The predicted octanol–water partition coefficient (Wildman–Crippen LogP) is 4.46. The number of azide groups is 1. The topological polar surface area (TPSA) is 93.5 Å². The van der Waals surface area contributed by atoms with Gasteiger partial charge in [0.2, 0.25) is 0 Å². The molecule has 2 rings (SSSR count).